The first-order chi connectivity index (χ1) is 11.2. The fraction of sp³-hybridized carbons (Fsp3) is 0.688. The van der Waals surface area contributed by atoms with Gasteiger partial charge in [-0.15, -0.1) is 0 Å². The predicted octanol–water partition coefficient (Wildman–Crippen LogP) is 1.37. The number of hydrogen-bond donors (Lipinski definition) is 3. The van der Waals surface area contributed by atoms with Crippen LogP contribution in [-0.2, 0) is 0 Å². The third-order valence-electron chi connectivity index (χ3n) is 4.77. The lowest BCUT2D eigenvalue weighted by Gasteiger charge is -2.36. The van der Waals surface area contributed by atoms with Gasteiger partial charge >= 0.3 is 6.03 Å². The molecule has 2 amide bonds. The molecule has 0 bridgehead atoms. The van der Waals surface area contributed by atoms with Crippen molar-refractivity contribution in [2.75, 3.05) is 18.0 Å². The van der Waals surface area contributed by atoms with Crippen LogP contribution < -0.4 is 21.1 Å². The highest BCUT2D eigenvalue weighted by Crippen LogP contribution is 2.22. The quantitative estimate of drug-likeness (QED) is 0.782. The van der Waals surface area contributed by atoms with E-state index in [1.807, 2.05) is 0 Å². The maximum absolute atomic E-state index is 12.0. The summed E-state index contributed by atoms with van der Waals surface area (Å²) in [4.78, 5) is 25.4. The topological polar surface area (TPSA) is 90.1 Å². The van der Waals surface area contributed by atoms with E-state index in [2.05, 4.69) is 25.7 Å². The zero-order chi connectivity index (χ0) is 16.1. The lowest BCUT2D eigenvalue weighted by atomic mass is 10.0. The first kappa shape index (κ1) is 15.8. The van der Waals surface area contributed by atoms with E-state index in [9.17, 15) is 9.59 Å². The highest BCUT2D eigenvalue weighted by Gasteiger charge is 2.25. The fourth-order valence-corrected chi connectivity index (χ4v) is 3.53. The van der Waals surface area contributed by atoms with Crippen LogP contribution in [0.15, 0.2) is 16.9 Å². The number of urea groups is 1. The van der Waals surface area contributed by atoms with Crippen LogP contribution in [0.1, 0.15) is 44.9 Å². The number of carbonyl (C=O) groups is 1. The molecule has 0 aromatic carbocycles. The minimum absolute atomic E-state index is 0.0724. The Balaban J connectivity index is 1.54. The Hall–Kier alpha value is -2.05. The summed E-state index contributed by atoms with van der Waals surface area (Å²) in [5, 5.41) is 12.7. The van der Waals surface area contributed by atoms with Crippen LogP contribution in [0.5, 0.6) is 0 Å². The van der Waals surface area contributed by atoms with Crippen LogP contribution in [0.2, 0.25) is 0 Å². The Bertz CT molecular complexity index is 562. The van der Waals surface area contributed by atoms with Crippen LogP contribution >= 0.6 is 0 Å². The van der Waals surface area contributed by atoms with Crippen LogP contribution in [0.25, 0.3) is 0 Å². The number of nitrogens with zero attached hydrogens (tertiary/aromatic N) is 2. The van der Waals surface area contributed by atoms with E-state index in [4.69, 9.17) is 0 Å². The number of aromatic amines is 1. The number of anilines is 1. The molecule has 2 aliphatic rings. The van der Waals surface area contributed by atoms with Gasteiger partial charge in [0.15, 0.2) is 0 Å². The molecule has 1 aromatic heterocycles. The molecule has 126 valence electrons. The SMILES string of the molecule is O=C(NCC1CCCCN1c1ccc(=O)[nH]n1)NC1CCCC1. The molecule has 1 saturated heterocycles. The molecule has 1 unspecified atom stereocenters. The zero-order valence-corrected chi connectivity index (χ0v) is 13.4. The molecule has 7 heteroatoms. The fourth-order valence-electron chi connectivity index (χ4n) is 3.53. The summed E-state index contributed by atoms with van der Waals surface area (Å²) in [6.45, 7) is 1.50. The van der Waals surface area contributed by atoms with Gasteiger partial charge in [-0.2, -0.15) is 5.10 Å². The smallest absolute Gasteiger partial charge is 0.315 e. The van der Waals surface area contributed by atoms with Gasteiger partial charge in [0.05, 0.1) is 0 Å². The van der Waals surface area contributed by atoms with Crippen LogP contribution in [0.4, 0.5) is 10.6 Å². The Morgan fingerprint density at radius 2 is 2.00 bits per heavy atom. The van der Waals surface area contributed by atoms with Crippen LogP contribution in [0.3, 0.4) is 0 Å². The normalized spacial score (nSPS) is 22.1. The van der Waals surface area contributed by atoms with Crippen molar-refractivity contribution in [3.05, 3.63) is 22.5 Å². The van der Waals surface area contributed by atoms with Crippen molar-refractivity contribution in [3.8, 4) is 0 Å². The maximum atomic E-state index is 12.0. The Labute approximate surface area is 135 Å². The molecule has 7 nitrogen and oxygen atoms in total. The molecule has 1 aliphatic heterocycles. The summed E-state index contributed by atoms with van der Waals surface area (Å²) < 4.78 is 0. The Kier molecular flexibility index (Phi) is 5.15. The molecule has 23 heavy (non-hydrogen) atoms. The highest BCUT2D eigenvalue weighted by atomic mass is 16.2. The van der Waals surface area contributed by atoms with Crippen molar-refractivity contribution >= 4 is 11.8 Å². The zero-order valence-electron chi connectivity index (χ0n) is 13.4. The van der Waals surface area contributed by atoms with Gasteiger partial charge < -0.3 is 15.5 Å². The van der Waals surface area contributed by atoms with E-state index in [0.29, 0.717) is 12.6 Å². The molecular formula is C16H25N5O2. The van der Waals surface area contributed by atoms with E-state index >= 15 is 0 Å². The predicted molar refractivity (Wildman–Crippen MR) is 88.6 cm³/mol. The van der Waals surface area contributed by atoms with Gasteiger partial charge in [-0.1, -0.05) is 12.8 Å². The van der Waals surface area contributed by atoms with Gasteiger partial charge in [0.2, 0.25) is 0 Å². The maximum Gasteiger partial charge on any atom is 0.315 e. The minimum Gasteiger partial charge on any atom is -0.350 e. The average Bonchev–Trinajstić information content (AvgIpc) is 3.07. The second kappa shape index (κ2) is 7.48. The lowest BCUT2D eigenvalue weighted by Crippen LogP contribution is -2.50. The van der Waals surface area contributed by atoms with E-state index < -0.39 is 0 Å². The number of rotatable bonds is 4. The summed E-state index contributed by atoms with van der Waals surface area (Å²) in [6, 6.07) is 3.72. The number of amides is 2. The molecule has 3 N–H and O–H groups in total. The van der Waals surface area contributed by atoms with E-state index in [1.54, 1.807) is 6.07 Å². The summed E-state index contributed by atoms with van der Waals surface area (Å²) in [6.07, 6.45) is 7.86. The van der Waals surface area contributed by atoms with Gasteiger partial charge in [0.25, 0.3) is 5.56 Å². The number of hydrogen-bond acceptors (Lipinski definition) is 4. The molecular weight excluding hydrogens is 294 g/mol. The van der Waals surface area contributed by atoms with E-state index in [-0.39, 0.29) is 17.6 Å². The van der Waals surface area contributed by atoms with Gasteiger partial charge in [-0.05, 0) is 38.2 Å². The van der Waals surface area contributed by atoms with Gasteiger partial charge in [-0.3, -0.25) is 4.79 Å². The highest BCUT2D eigenvalue weighted by molar-refractivity contribution is 5.74. The Morgan fingerprint density at radius 3 is 2.74 bits per heavy atom. The summed E-state index contributed by atoms with van der Waals surface area (Å²) in [5.41, 5.74) is -0.198. The van der Waals surface area contributed by atoms with Crippen LogP contribution in [-0.4, -0.2) is 41.4 Å². The summed E-state index contributed by atoms with van der Waals surface area (Å²) in [7, 11) is 0. The number of carbonyl (C=O) groups excluding carboxylic acids is 1. The third kappa shape index (κ3) is 4.24. The monoisotopic (exact) mass is 319 g/mol. The average molecular weight is 319 g/mol. The minimum atomic E-state index is -0.198. The first-order valence-corrected chi connectivity index (χ1v) is 8.59. The van der Waals surface area contributed by atoms with E-state index in [1.165, 1.54) is 18.9 Å². The van der Waals surface area contributed by atoms with Crippen molar-refractivity contribution in [2.24, 2.45) is 0 Å². The van der Waals surface area contributed by atoms with E-state index in [0.717, 1.165) is 44.5 Å². The van der Waals surface area contributed by atoms with Crippen molar-refractivity contribution in [1.29, 1.82) is 0 Å². The largest absolute Gasteiger partial charge is 0.350 e. The van der Waals surface area contributed by atoms with Gasteiger partial charge in [0, 0.05) is 31.2 Å². The molecule has 1 aliphatic carbocycles. The molecule has 3 rings (SSSR count). The molecule has 1 atom stereocenters. The third-order valence-corrected chi connectivity index (χ3v) is 4.77. The van der Waals surface area contributed by atoms with Crippen molar-refractivity contribution < 1.29 is 4.79 Å². The second-order valence-electron chi connectivity index (χ2n) is 6.46. The number of piperidine rings is 1. The number of aromatic nitrogens is 2. The van der Waals surface area contributed by atoms with Crippen molar-refractivity contribution in [2.45, 2.75) is 57.0 Å². The van der Waals surface area contributed by atoms with Gasteiger partial charge in [0.1, 0.15) is 5.82 Å². The summed E-state index contributed by atoms with van der Waals surface area (Å²) >= 11 is 0. The molecule has 1 aromatic rings. The molecule has 2 fully saturated rings. The molecule has 2 heterocycles. The lowest BCUT2D eigenvalue weighted by molar-refractivity contribution is 0.235. The first-order valence-electron chi connectivity index (χ1n) is 8.59. The second-order valence-corrected chi connectivity index (χ2v) is 6.46. The standard InChI is InChI=1S/C16H25N5O2/c22-15-9-8-14(19-20-15)21-10-4-3-7-13(21)11-17-16(23)18-12-5-1-2-6-12/h8-9,12-13H,1-7,10-11H2,(H,20,22)(H2,17,18,23). The molecule has 1 saturated carbocycles. The number of nitrogens with one attached hydrogen (secondary N) is 3. The summed E-state index contributed by atoms with van der Waals surface area (Å²) in [5.74, 6) is 0.771. The van der Waals surface area contributed by atoms with Crippen LogP contribution in [0, 0.1) is 0 Å². The molecule has 0 spiro atoms. The van der Waals surface area contributed by atoms with Gasteiger partial charge in [-0.25, -0.2) is 9.89 Å². The number of H-pyrrole nitrogens is 1. The Morgan fingerprint density at radius 1 is 1.22 bits per heavy atom. The van der Waals surface area contributed by atoms with Crippen molar-refractivity contribution in [3.63, 3.8) is 0 Å². The molecule has 0 radical (unpaired) electrons. The van der Waals surface area contributed by atoms with Crippen molar-refractivity contribution in [1.82, 2.24) is 20.8 Å².